The van der Waals surface area contributed by atoms with Crippen LogP contribution in [-0.4, -0.2) is 24.4 Å². The van der Waals surface area contributed by atoms with Crippen molar-refractivity contribution in [2.75, 3.05) is 6.54 Å². The normalized spacial score (nSPS) is 23.6. The number of carbonyl (C=O) groups is 2. The highest BCUT2D eigenvalue weighted by Gasteiger charge is 2.31. The Labute approximate surface area is 161 Å². The van der Waals surface area contributed by atoms with E-state index in [-0.39, 0.29) is 23.7 Å². The van der Waals surface area contributed by atoms with Gasteiger partial charge in [-0.05, 0) is 62.6 Å². The summed E-state index contributed by atoms with van der Waals surface area (Å²) < 4.78 is 0. The van der Waals surface area contributed by atoms with Gasteiger partial charge in [-0.15, -0.1) is 0 Å². The van der Waals surface area contributed by atoms with Crippen molar-refractivity contribution in [2.45, 2.75) is 63.8 Å². The van der Waals surface area contributed by atoms with E-state index in [1.807, 2.05) is 24.3 Å². The first-order chi connectivity index (χ1) is 12.6. The standard InChI is InChI=1S/C21H29ClN2O2/c22-18-11-5-15(6-12-18)13-14-23-20(25)16-7-9-17(10-8-16)21(26)24-19-3-1-2-4-19/h5-6,11-12,16-17,19H,1-4,7-10,13-14H2,(H,23,25)(H,24,26). The van der Waals surface area contributed by atoms with Crippen LogP contribution in [-0.2, 0) is 16.0 Å². The van der Waals surface area contributed by atoms with Gasteiger partial charge in [0, 0.05) is 29.4 Å². The molecule has 0 bridgehead atoms. The molecule has 2 N–H and O–H groups in total. The summed E-state index contributed by atoms with van der Waals surface area (Å²) in [5, 5.41) is 6.97. The van der Waals surface area contributed by atoms with Crippen molar-refractivity contribution in [3.8, 4) is 0 Å². The highest BCUT2D eigenvalue weighted by Crippen LogP contribution is 2.29. The average molecular weight is 377 g/mol. The maximum Gasteiger partial charge on any atom is 0.223 e. The Hall–Kier alpha value is -1.55. The van der Waals surface area contributed by atoms with Crippen LogP contribution in [0.5, 0.6) is 0 Å². The lowest BCUT2D eigenvalue weighted by molar-refractivity contribution is -0.130. The molecule has 0 atom stereocenters. The van der Waals surface area contributed by atoms with Gasteiger partial charge in [-0.1, -0.05) is 36.6 Å². The largest absolute Gasteiger partial charge is 0.356 e. The quantitative estimate of drug-likeness (QED) is 0.791. The Morgan fingerprint density at radius 2 is 1.46 bits per heavy atom. The predicted octanol–water partition coefficient (Wildman–Crippen LogP) is 3.86. The summed E-state index contributed by atoms with van der Waals surface area (Å²) in [5.74, 6) is 0.483. The summed E-state index contributed by atoms with van der Waals surface area (Å²) in [5.41, 5.74) is 1.17. The third-order valence-electron chi connectivity index (χ3n) is 5.80. The van der Waals surface area contributed by atoms with Gasteiger partial charge >= 0.3 is 0 Å². The van der Waals surface area contributed by atoms with Gasteiger partial charge in [0.2, 0.25) is 11.8 Å². The van der Waals surface area contributed by atoms with E-state index in [0.29, 0.717) is 12.6 Å². The lowest BCUT2D eigenvalue weighted by Gasteiger charge is -2.28. The molecule has 0 aromatic heterocycles. The summed E-state index contributed by atoms with van der Waals surface area (Å²) in [6.45, 7) is 0.641. The molecule has 0 aliphatic heterocycles. The minimum absolute atomic E-state index is 0.0516. The van der Waals surface area contributed by atoms with Crippen molar-refractivity contribution in [1.82, 2.24) is 10.6 Å². The lowest BCUT2D eigenvalue weighted by atomic mass is 9.81. The van der Waals surface area contributed by atoms with E-state index in [9.17, 15) is 9.59 Å². The van der Waals surface area contributed by atoms with E-state index in [1.54, 1.807) is 0 Å². The molecule has 0 heterocycles. The van der Waals surface area contributed by atoms with Gasteiger partial charge in [0.25, 0.3) is 0 Å². The van der Waals surface area contributed by atoms with E-state index >= 15 is 0 Å². The second kappa shape index (κ2) is 9.40. The molecule has 142 valence electrons. The van der Waals surface area contributed by atoms with E-state index in [4.69, 9.17) is 11.6 Å². The van der Waals surface area contributed by atoms with Crippen LogP contribution in [0.3, 0.4) is 0 Å². The summed E-state index contributed by atoms with van der Waals surface area (Å²) in [6.07, 6.45) is 8.80. The average Bonchev–Trinajstić information content (AvgIpc) is 3.16. The highest BCUT2D eigenvalue weighted by molar-refractivity contribution is 6.30. The predicted molar refractivity (Wildman–Crippen MR) is 104 cm³/mol. The van der Waals surface area contributed by atoms with Crippen molar-refractivity contribution in [2.24, 2.45) is 11.8 Å². The molecule has 26 heavy (non-hydrogen) atoms. The van der Waals surface area contributed by atoms with Crippen molar-refractivity contribution in [1.29, 1.82) is 0 Å². The molecular weight excluding hydrogens is 348 g/mol. The first-order valence-electron chi connectivity index (χ1n) is 9.94. The molecule has 0 unspecified atom stereocenters. The van der Waals surface area contributed by atoms with Crippen LogP contribution in [0, 0.1) is 11.8 Å². The maximum atomic E-state index is 12.4. The van der Waals surface area contributed by atoms with Crippen LogP contribution in [0.4, 0.5) is 0 Å². The molecular formula is C21H29ClN2O2. The fraction of sp³-hybridized carbons (Fsp3) is 0.619. The second-order valence-corrected chi connectivity index (χ2v) is 8.14. The molecule has 1 aromatic carbocycles. The fourth-order valence-electron chi connectivity index (χ4n) is 4.13. The zero-order valence-corrected chi connectivity index (χ0v) is 16.1. The molecule has 0 saturated heterocycles. The molecule has 0 spiro atoms. The van der Waals surface area contributed by atoms with Crippen LogP contribution >= 0.6 is 11.6 Å². The number of nitrogens with one attached hydrogen (secondary N) is 2. The summed E-state index contributed by atoms with van der Waals surface area (Å²) >= 11 is 5.88. The van der Waals surface area contributed by atoms with Gasteiger partial charge in [-0.2, -0.15) is 0 Å². The Bertz CT molecular complexity index is 603. The second-order valence-electron chi connectivity index (χ2n) is 7.71. The topological polar surface area (TPSA) is 58.2 Å². The number of rotatable bonds is 6. The van der Waals surface area contributed by atoms with Crippen LogP contribution in [0.25, 0.3) is 0 Å². The zero-order chi connectivity index (χ0) is 18.4. The Balaban J connectivity index is 1.35. The highest BCUT2D eigenvalue weighted by atomic mass is 35.5. The number of hydrogen-bond donors (Lipinski definition) is 2. The fourth-order valence-corrected chi connectivity index (χ4v) is 4.26. The third kappa shape index (κ3) is 5.47. The Morgan fingerprint density at radius 3 is 2.08 bits per heavy atom. The number of hydrogen-bond acceptors (Lipinski definition) is 2. The molecule has 5 heteroatoms. The van der Waals surface area contributed by atoms with Crippen LogP contribution in [0.15, 0.2) is 24.3 Å². The molecule has 2 saturated carbocycles. The summed E-state index contributed by atoms with van der Waals surface area (Å²) in [7, 11) is 0. The first-order valence-corrected chi connectivity index (χ1v) is 10.3. The number of halogens is 1. The van der Waals surface area contributed by atoms with Crippen LogP contribution in [0.2, 0.25) is 5.02 Å². The smallest absolute Gasteiger partial charge is 0.223 e. The SMILES string of the molecule is O=C(NCCc1ccc(Cl)cc1)C1CCC(C(=O)NC2CCCC2)CC1. The van der Waals surface area contributed by atoms with Crippen molar-refractivity contribution < 1.29 is 9.59 Å². The Kier molecular flexibility index (Phi) is 6.95. The third-order valence-corrected chi connectivity index (χ3v) is 6.05. The van der Waals surface area contributed by atoms with Crippen molar-refractivity contribution in [3.05, 3.63) is 34.9 Å². The van der Waals surface area contributed by atoms with Gasteiger partial charge in [-0.3, -0.25) is 9.59 Å². The van der Waals surface area contributed by atoms with Crippen LogP contribution in [0.1, 0.15) is 56.9 Å². The molecule has 2 fully saturated rings. The first kappa shape index (κ1) is 19.2. The zero-order valence-electron chi connectivity index (χ0n) is 15.3. The van der Waals surface area contributed by atoms with Gasteiger partial charge < -0.3 is 10.6 Å². The maximum absolute atomic E-state index is 12.4. The van der Waals surface area contributed by atoms with Gasteiger partial charge in [-0.25, -0.2) is 0 Å². The number of carbonyl (C=O) groups excluding carboxylic acids is 2. The van der Waals surface area contributed by atoms with Gasteiger partial charge in [0.1, 0.15) is 0 Å². The van der Waals surface area contributed by atoms with E-state index in [0.717, 1.165) is 50.0 Å². The molecule has 0 radical (unpaired) electrons. The van der Waals surface area contributed by atoms with E-state index in [2.05, 4.69) is 10.6 Å². The molecule has 2 amide bonds. The van der Waals surface area contributed by atoms with E-state index < -0.39 is 0 Å². The molecule has 2 aliphatic carbocycles. The molecule has 1 aromatic rings. The molecule has 2 aliphatic rings. The number of amides is 2. The Morgan fingerprint density at radius 1 is 0.885 bits per heavy atom. The lowest BCUT2D eigenvalue weighted by Crippen LogP contribution is -2.40. The molecule has 3 rings (SSSR count). The minimum atomic E-state index is 0.0516. The van der Waals surface area contributed by atoms with Crippen LogP contribution < -0.4 is 10.6 Å². The van der Waals surface area contributed by atoms with Gasteiger partial charge in [0.15, 0.2) is 0 Å². The molecule has 4 nitrogen and oxygen atoms in total. The van der Waals surface area contributed by atoms with Crippen molar-refractivity contribution >= 4 is 23.4 Å². The minimum Gasteiger partial charge on any atom is -0.356 e. The van der Waals surface area contributed by atoms with E-state index in [1.165, 1.54) is 18.4 Å². The van der Waals surface area contributed by atoms with Gasteiger partial charge in [0.05, 0.1) is 0 Å². The summed E-state index contributed by atoms with van der Waals surface area (Å²) in [4.78, 5) is 24.7. The summed E-state index contributed by atoms with van der Waals surface area (Å²) in [6, 6.07) is 8.11. The number of benzene rings is 1. The van der Waals surface area contributed by atoms with Crippen molar-refractivity contribution in [3.63, 3.8) is 0 Å². The monoisotopic (exact) mass is 376 g/mol.